The molecule has 0 aliphatic rings. The van der Waals surface area contributed by atoms with Gasteiger partial charge in [-0.2, -0.15) is 0 Å². The van der Waals surface area contributed by atoms with Crippen LogP contribution in [-0.4, -0.2) is 33.0 Å². The second kappa shape index (κ2) is 9.96. The third-order valence-electron chi connectivity index (χ3n) is 1.97. The molecular formula is C10H23NO2. The molecule has 1 unspecified atom stereocenters. The van der Waals surface area contributed by atoms with Gasteiger partial charge in [-0.25, -0.2) is 0 Å². The van der Waals surface area contributed by atoms with Crippen LogP contribution < -0.4 is 5.73 Å². The van der Waals surface area contributed by atoms with Crippen LogP contribution in [0.15, 0.2) is 0 Å². The quantitative estimate of drug-likeness (QED) is 0.560. The van der Waals surface area contributed by atoms with Crippen LogP contribution in [0.5, 0.6) is 0 Å². The first kappa shape index (κ1) is 12.9. The van der Waals surface area contributed by atoms with Gasteiger partial charge >= 0.3 is 0 Å². The minimum Gasteiger partial charge on any atom is -0.385 e. The standard InChI is InChI=1S/C10H23NO2/c1-3-4-7-13-9-6-10(11)5-8-12-2/h10H,3-9,11H2,1-2H3. The third kappa shape index (κ3) is 9.80. The Kier molecular flexibility index (Phi) is 9.87. The van der Waals surface area contributed by atoms with Gasteiger partial charge in [-0.05, 0) is 19.3 Å². The van der Waals surface area contributed by atoms with Crippen molar-refractivity contribution < 1.29 is 9.47 Å². The van der Waals surface area contributed by atoms with E-state index in [9.17, 15) is 0 Å². The number of nitrogens with two attached hydrogens (primary N) is 1. The van der Waals surface area contributed by atoms with Crippen LogP contribution in [0.4, 0.5) is 0 Å². The van der Waals surface area contributed by atoms with E-state index < -0.39 is 0 Å². The lowest BCUT2D eigenvalue weighted by atomic mass is 10.2. The molecule has 0 radical (unpaired) electrons. The molecule has 0 bridgehead atoms. The maximum Gasteiger partial charge on any atom is 0.0480 e. The van der Waals surface area contributed by atoms with Crippen molar-refractivity contribution in [3.05, 3.63) is 0 Å². The molecule has 0 aromatic rings. The Morgan fingerprint density at radius 3 is 2.46 bits per heavy atom. The zero-order valence-electron chi connectivity index (χ0n) is 8.92. The largest absolute Gasteiger partial charge is 0.385 e. The van der Waals surface area contributed by atoms with Crippen molar-refractivity contribution in [2.75, 3.05) is 26.9 Å². The third-order valence-corrected chi connectivity index (χ3v) is 1.97. The molecule has 1 atom stereocenters. The van der Waals surface area contributed by atoms with Crippen LogP contribution in [0, 0.1) is 0 Å². The molecule has 0 amide bonds. The molecule has 0 aliphatic carbocycles. The van der Waals surface area contributed by atoms with Gasteiger partial charge in [-0.15, -0.1) is 0 Å². The monoisotopic (exact) mass is 189 g/mol. The topological polar surface area (TPSA) is 44.5 Å². The maximum atomic E-state index is 5.81. The van der Waals surface area contributed by atoms with Crippen LogP contribution in [0.2, 0.25) is 0 Å². The van der Waals surface area contributed by atoms with Crippen molar-refractivity contribution in [2.45, 2.75) is 38.6 Å². The van der Waals surface area contributed by atoms with Crippen molar-refractivity contribution in [2.24, 2.45) is 5.73 Å². The van der Waals surface area contributed by atoms with Gasteiger partial charge in [-0.3, -0.25) is 0 Å². The van der Waals surface area contributed by atoms with Crippen molar-refractivity contribution in [3.63, 3.8) is 0 Å². The second-order valence-corrected chi connectivity index (χ2v) is 3.30. The van der Waals surface area contributed by atoms with E-state index in [2.05, 4.69) is 6.92 Å². The molecule has 3 heteroatoms. The van der Waals surface area contributed by atoms with E-state index in [-0.39, 0.29) is 6.04 Å². The van der Waals surface area contributed by atoms with Gasteiger partial charge in [0.2, 0.25) is 0 Å². The van der Waals surface area contributed by atoms with Crippen molar-refractivity contribution in [3.8, 4) is 0 Å². The average molecular weight is 189 g/mol. The van der Waals surface area contributed by atoms with Crippen LogP contribution in [0.3, 0.4) is 0 Å². The second-order valence-electron chi connectivity index (χ2n) is 3.30. The molecule has 0 aliphatic heterocycles. The van der Waals surface area contributed by atoms with Crippen LogP contribution in [0.1, 0.15) is 32.6 Å². The molecule has 0 aromatic heterocycles. The van der Waals surface area contributed by atoms with E-state index in [0.717, 1.165) is 39.1 Å². The predicted octanol–water partition coefficient (Wildman–Crippen LogP) is 1.56. The van der Waals surface area contributed by atoms with Crippen molar-refractivity contribution in [1.82, 2.24) is 0 Å². The highest BCUT2D eigenvalue weighted by molar-refractivity contribution is 4.59. The van der Waals surface area contributed by atoms with Gasteiger partial charge in [0, 0.05) is 33.0 Å². The highest BCUT2D eigenvalue weighted by Crippen LogP contribution is 1.96. The Morgan fingerprint density at radius 2 is 1.85 bits per heavy atom. The predicted molar refractivity (Wildman–Crippen MR) is 54.8 cm³/mol. The van der Waals surface area contributed by atoms with Crippen molar-refractivity contribution >= 4 is 0 Å². The Labute approximate surface area is 81.6 Å². The van der Waals surface area contributed by atoms with Gasteiger partial charge in [0.05, 0.1) is 0 Å². The summed E-state index contributed by atoms with van der Waals surface area (Å²) in [5.74, 6) is 0. The summed E-state index contributed by atoms with van der Waals surface area (Å²) in [5, 5.41) is 0. The van der Waals surface area contributed by atoms with Gasteiger partial charge in [0.1, 0.15) is 0 Å². The van der Waals surface area contributed by atoms with E-state index >= 15 is 0 Å². The number of methoxy groups -OCH3 is 1. The molecule has 0 heterocycles. The Bertz CT molecular complexity index is 98.9. The lowest BCUT2D eigenvalue weighted by molar-refractivity contribution is 0.119. The molecule has 0 fully saturated rings. The van der Waals surface area contributed by atoms with Crippen molar-refractivity contribution in [1.29, 1.82) is 0 Å². The van der Waals surface area contributed by atoms with Crippen LogP contribution in [0.25, 0.3) is 0 Å². The van der Waals surface area contributed by atoms with E-state index in [1.54, 1.807) is 7.11 Å². The molecular weight excluding hydrogens is 166 g/mol. The Hall–Kier alpha value is -0.120. The Balaban J connectivity index is 3.03. The lowest BCUT2D eigenvalue weighted by Crippen LogP contribution is -2.23. The molecule has 0 saturated carbocycles. The number of rotatable bonds is 9. The van der Waals surface area contributed by atoms with E-state index in [1.807, 2.05) is 0 Å². The van der Waals surface area contributed by atoms with Gasteiger partial charge < -0.3 is 15.2 Å². The van der Waals surface area contributed by atoms with Crippen LogP contribution in [-0.2, 0) is 9.47 Å². The van der Waals surface area contributed by atoms with Crippen LogP contribution >= 0.6 is 0 Å². The number of hydrogen-bond acceptors (Lipinski definition) is 3. The summed E-state index contributed by atoms with van der Waals surface area (Å²) in [4.78, 5) is 0. The lowest BCUT2D eigenvalue weighted by Gasteiger charge is -2.10. The summed E-state index contributed by atoms with van der Waals surface area (Å²) in [5.41, 5.74) is 5.81. The molecule has 80 valence electrons. The fourth-order valence-electron chi connectivity index (χ4n) is 0.997. The first-order valence-corrected chi connectivity index (χ1v) is 5.13. The fraction of sp³-hybridized carbons (Fsp3) is 1.00. The zero-order chi connectivity index (χ0) is 9.94. The summed E-state index contributed by atoms with van der Waals surface area (Å²) in [6.45, 7) is 4.56. The normalized spacial score (nSPS) is 13.2. The first-order chi connectivity index (χ1) is 6.31. The van der Waals surface area contributed by atoms with Gasteiger partial charge in [0.25, 0.3) is 0 Å². The summed E-state index contributed by atoms with van der Waals surface area (Å²) in [7, 11) is 1.70. The van der Waals surface area contributed by atoms with E-state index in [0.29, 0.717) is 0 Å². The van der Waals surface area contributed by atoms with E-state index in [4.69, 9.17) is 15.2 Å². The molecule has 3 nitrogen and oxygen atoms in total. The maximum absolute atomic E-state index is 5.81. The molecule has 0 spiro atoms. The average Bonchev–Trinajstić information content (AvgIpc) is 2.14. The summed E-state index contributed by atoms with van der Waals surface area (Å²) in [6, 6.07) is 0.224. The minimum atomic E-state index is 0.224. The molecule has 13 heavy (non-hydrogen) atoms. The molecule has 2 N–H and O–H groups in total. The zero-order valence-corrected chi connectivity index (χ0v) is 8.92. The number of unbranched alkanes of at least 4 members (excludes halogenated alkanes) is 1. The van der Waals surface area contributed by atoms with Gasteiger partial charge in [0.15, 0.2) is 0 Å². The molecule has 0 saturated heterocycles. The Morgan fingerprint density at radius 1 is 1.15 bits per heavy atom. The number of hydrogen-bond donors (Lipinski definition) is 1. The summed E-state index contributed by atoms with van der Waals surface area (Å²) >= 11 is 0. The van der Waals surface area contributed by atoms with E-state index in [1.165, 1.54) is 6.42 Å². The number of ether oxygens (including phenoxy) is 2. The molecule has 0 rings (SSSR count). The first-order valence-electron chi connectivity index (χ1n) is 5.13. The van der Waals surface area contributed by atoms with Gasteiger partial charge in [-0.1, -0.05) is 13.3 Å². The summed E-state index contributed by atoms with van der Waals surface area (Å²) < 4.78 is 10.3. The summed E-state index contributed by atoms with van der Waals surface area (Å²) in [6.07, 6.45) is 4.20. The SMILES string of the molecule is CCCCOCCC(N)CCOC. The minimum absolute atomic E-state index is 0.224. The highest BCUT2D eigenvalue weighted by atomic mass is 16.5. The smallest absolute Gasteiger partial charge is 0.0480 e. The highest BCUT2D eigenvalue weighted by Gasteiger charge is 2.01. The fourth-order valence-corrected chi connectivity index (χ4v) is 0.997. The molecule has 0 aromatic carbocycles.